The monoisotopic (exact) mass is 171 g/mol. The van der Waals surface area contributed by atoms with Gasteiger partial charge in [0, 0.05) is 5.92 Å². The average Bonchev–Trinajstić information content (AvgIpc) is 1.93. The van der Waals surface area contributed by atoms with Crippen LogP contribution in [0.3, 0.4) is 0 Å². The highest BCUT2D eigenvalue weighted by Gasteiger charge is 2.26. The van der Waals surface area contributed by atoms with Crippen LogP contribution >= 0.6 is 0 Å². The average molecular weight is 171 g/mol. The molecule has 1 rings (SSSR count). The summed E-state index contributed by atoms with van der Waals surface area (Å²) in [5.74, 6) is 1.75. The topological polar surface area (TPSA) is 12.5 Å². The Bertz CT molecular complexity index is 121. The van der Waals surface area contributed by atoms with E-state index in [1.807, 2.05) is 0 Å². The van der Waals surface area contributed by atoms with Gasteiger partial charge in [0.25, 0.3) is 0 Å². The summed E-state index contributed by atoms with van der Waals surface area (Å²) in [7, 11) is 4.29. The third-order valence-corrected chi connectivity index (χ3v) is 2.80. The van der Waals surface area contributed by atoms with Crippen molar-refractivity contribution in [2.75, 3.05) is 33.9 Å². The van der Waals surface area contributed by atoms with Crippen molar-refractivity contribution >= 4 is 0 Å². The van der Waals surface area contributed by atoms with Crippen molar-refractivity contribution in [3.63, 3.8) is 0 Å². The summed E-state index contributed by atoms with van der Waals surface area (Å²) >= 11 is 0. The molecule has 1 unspecified atom stereocenters. The van der Waals surface area contributed by atoms with E-state index in [2.05, 4.69) is 25.9 Å². The minimum absolute atomic E-state index is 0.856. The molecule has 72 valence electrons. The van der Waals surface area contributed by atoms with Crippen LogP contribution in [-0.4, -0.2) is 38.8 Å². The van der Waals surface area contributed by atoms with Crippen molar-refractivity contribution in [3.8, 4) is 0 Å². The van der Waals surface area contributed by atoms with E-state index in [4.69, 9.17) is 4.74 Å². The van der Waals surface area contributed by atoms with Crippen molar-refractivity contribution in [2.24, 2.45) is 11.8 Å². The molecule has 0 aromatic heterocycles. The predicted molar refractivity (Wildman–Crippen MR) is 51.3 cm³/mol. The van der Waals surface area contributed by atoms with Gasteiger partial charge in [-0.05, 0) is 33.0 Å². The van der Waals surface area contributed by atoms with E-state index < -0.39 is 0 Å². The summed E-state index contributed by atoms with van der Waals surface area (Å²) in [5, 5.41) is 0. The fourth-order valence-electron chi connectivity index (χ4n) is 1.72. The smallest absolute Gasteiger partial charge is 0.0519 e. The number of ether oxygens (including phenoxy) is 1. The molecular weight excluding hydrogens is 150 g/mol. The zero-order chi connectivity index (χ0) is 8.97. The molecule has 1 heterocycles. The fourth-order valence-corrected chi connectivity index (χ4v) is 1.72. The molecule has 0 bridgehead atoms. The summed E-state index contributed by atoms with van der Waals surface area (Å²) in [5.41, 5.74) is 0. The van der Waals surface area contributed by atoms with Crippen LogP contribution in [0.1, 0.15) is 19.8 Å². The zero-order valence-electron chi connectivity index (χ0n) is 8.55. The maximum Gasteiger partial charge on any atom is 0.0519 e. The van der Waals surface area contributed by atoms with Gasteiger partial charge >= 0.3 is 0 Å². The second kappa shape index (κ2) is 4.83. The Balaban J connectivity index is 2.15. The van der Waals surface area contributed by atoms with Crippen molar-refractivity contribution in [2.45, 2.75) is 19.8 Å². The largest absolute Gasteiger partial charge is 0.381 e. The molecule has 0 spiro atoms. The molecule has 0 aliphatic carbocycles. The fraction of sp³-hybridized carbons (Fsp3) is 1.00. The molecular formula is C10H21NO. The van der Waals surface area contributed by atoms with Crippen LogP contribution in [0, 0.1) is 11.8 Å². The molecule has 1 atom stereocenters. The van der Waals surface area contributed by atoms with Crippen LogP contribution in [0.5, 0.6) is 0 Å². The summed E-state index contributed by atoms with van der Waals surface area (Å²) in [6, 6.07) is 0. The van der Waals surface area contributed by atoms with E-state index in [-0.39, 0.29) is 0 Å². The van der Waals surface area contributed by atoms with Gasteiger partial charge in [-0.25, -0.2) is 0 Å². The molecule has 0 saturated carbocycles. The summed E-state index contributed by atoms with van der Waals surface area (Å²) in [6.45, 7) is 5.52. The number of hydrogen-bond donors (Lipinski definition) is 0. The van der Waals surface area contributed by atoms with E-state index in [1.165, 1.54) is 19.4 Å². The predicted octanol–water partition coefficient (Wildman–Crippen LogP) is 1.61. The van der Waals surface area contributed by atoms with Gasteiger partial charge < -0.3 is 9.64 Å². The molecule has 0 radical (unpaired) electrons. The normalized spacial score (nSPS) is 21.0. The van der Waals surface area contributed by atoms with Crippen LogP contribution < -0.4 is 0 Å². The third kappa shape index (κ3) is 2.76. The highest BCUT2D eigenvalue weighted by molar-refractivity contribution is 4.74. The zero-order valence-corrected chi connectivity index (χ0v) is 8.55. The molecule has 0 N–H and O–H groups in total. The van der Waals surface area contributed by atoms with Crippen molar-refractivity contribution in [1.82, 2.24) is 4.90 Å². The quantitative estimate of drug-likeness (QED) is 0.623. The van der Waals surface area contributed by atoms with Crippen LogP contribution in [0.2, 0.25) is 0 Å². The van der Waals surface area contributed by atoms with Crippen molar-refractivity contribution in [1.29, 1.82) is 0 Å². The second-order valence-electron chi connectivity index (χ2n) is 4.06. The lowest BCUT2D eigenvalue weighted by Crippen LogP contribution is -2.35. The van der Waals surface area contributed by atoms with Crippen LogP contribution in [0.25, 0.3) is 0 Å². The first-order valence-electron chi connectivity index (χ1n) is 4.96. The molecule has 2 nitrogen and oxygen atoms in total. The lowest BCUT2D eigenvalue weighted by molar-refractivity contribution is -0.0638. The van der Waals surface area contributed by atoms with Gasteiger partial charge in [-0.15, -0.1) is 0 Å². The van der Waals surface area contributed by atoms with E-state index in [0.717, 1.165) is 25.0 Å². The Kier molecular flexibility index (Phi) is 4.02. The SMILES string of the molecule is CCC(CCN(C)C)C1COC1. The minimum atomic E-state index is 0.856. The molecule has 2 heteroatoms. The first-order valence-corrected chi connectivity index (χ1v) is 4.96. The lowest BCUT2D eigenvalue weighted by Gasteiger charge is -2.33. The Morgan fingerprint density at radius 1 is 1.42 bits per heavy atom. The van der Waals surface area contributed by atoms with Gasteiger partial charge in [0.05, 0.1) is 13.2 Å². The molecule has 1 fully saturated rings. The maximum absolute atomic E-state index is 5.21. The second-order valence-corrected chi connectivity index (χ2v) is 4.06. The first kappa shape index (κ1) is 10.0. The van der Waals surface area contributed by atoms with Crippen LogP contribution in [-0.2, 0) is 4.74 Å². The van der Waals surface area contributed by atoms with Crippen molar-refractivity contribution in [3.05, 3.63) is 0 Å². The molecule has 1 aliphatic rings. The standard InChI is InChI=1S/C10H21NO/c1-4-9(5-6-11(2)3)10-7-12-8-10/h9-10H,4-8H2,1-3H3. The third-order valence-electron chi connectivity index (χ3n) is 2.80. The highest BCUT2D eigenvalue weighted by atomic mass is 16.5. The molecule has 1 saturated heterocycles. The van der Waals surface area contributed by atoms with Crippen LogP contribution in [0.15, 0.2) is 0 Å². The molecule has 0 amide bonds. The van der Waals surface area contributed by atoms with Gasteiger partial charge in [-0.3, -0.25) is 0 Å². The van der Waals surface area contributed by atoms with E-state index in [0.29, 0.717) is 0 Å². The molecule has 0 aromatic rings. The Morgan fingerprint density at radius 3 is 2.42 bits per heavy atom. The molecule has 1 aliphatic heterocycles. The Morgan fingerprint density at radius 2 is 2.08 bits per heavy atom. The first-order chi connectivity index (χ1) is 5.74. The van der Waals surface area contributed by atoms with Gasteiger partial charge in [0.1, 0.15) is 0 Å². The minimum Gasteiger partial charge on any atom is -0.381 e. The number of hydrogen-bond acceptors (Lipinski definition) is 2. The van der Waals surface area contributed by atoms with Gasteiger partial charge in [0.15, 0.2) is 0 Å². The lowest BCUT2D eigenvalue weighted by atomic mass is 9.86. The summed E-state index contributed by atoms with van der Waals surface area (Å²) < 4.78 is 5.21. The summed E-state index contributed by atoms with van der Waals surface area (Å²) in [6.07, 6.45) is 2.64. The van der Waals surface area contributed by atoms with Crippen LogP contribution in [0.4, 0.5) is 0 Å². The summed E-state index contributed by atoms with van der Waals surface area (Å²) in [4.78, 5) is 2.27. The number of nitrogens with zero attached hydrogens (tertiary/aromatic N) is 1. The van der Waals surface area contributed by atoms with E-state index >= 15 is 0 Å². The Labute approximate surface area is 75.9 Å². The van der Waals surface area contributed by atoms with Gasteiger partial charge in [0.2, 0.25) is 0 Å². The molecule has 0 aromatic carbocycles. The Hall–Kier alpha value is -0.0800. The maximum atomic E-state index is 5.21. The molecule has 12 heavy (non-hydrogen) atoms. The van der Waals surface area contributed by atoms with Crippen molar-refractivity contribution < 1.29 is 4.74 Å². The van der Waals surface area contributed by atoms with E-state index in [1.54, 1.807) is 0 Å². The van der Waals surface area contributed by atoms with E-state index in [9.17, 15) is 0 Å². The highest BCUT2D eigenvalue weighted by Crippen LogP contribution is 2.26. The van der Waals surface area contributed by atoms with Gasteiger partial charge in [-0.1, -0.05) is 13.3 Å². The number of rotatable bonds is 5. The van der Waals surface area contributed by atoms with Gasteiger partial charge in [-0.2, -0.15) is 0 Å².